The number of carboxylic acids is 1. The Labute approximate surface area is 305 Å². The smallest absolute Gasteiger partial charge is 0.335 e. The van der Waals surface area contributed by atoms with Crippen LogP contribution >= 0.6 is 0 Å². The summed E-state index contributed by atoms with van der Waals surface area (Å²) >= 11 is 0. The van der Waals surface area contributed by atoms with Gasteiger partial charge in [-0.25, -0.2) is 31.4 Å². The molecule has 1 aliphatic rings. The van der Waals surface area contributed by atoms with Gasteiger partial charge in [-0.2, -0.15) is 0 Å². The van der Waals surface area contributed by atoms with Gasteiger partial charge in [-0.1, -0.05) is 12.1 Å². The van der Waals surface area contributed by atoms with Crippen LogP contribution in [0.3, 0.4) is 0 Å². The number of aryl methyl sites for hydroxylation is 1. The number of hydrogen-bond acceptors (Lipinski definition) is 9. The van der Waals surface area contributed by atoms with Gasteiger partial charge in [-0.3, -0.25) is 28.7 Å². The number of nitrogens with zero attached hydrogens (tertiary/aromatic N) is 3. The van der Waals surface area contributed by atoms with E-state index in [1.165, 1.54) is 66.5 Å². The second-order valence-corrected chi connectivity index (χ2v) is 14.1. The number of rotatable bonds is 11. The lowest BCUT2D eigenvalue weighted by atomic mass is 10.0. The molecule has 1 atom stereocenters. The lowest BCUT2D eigenvalue weighted by Crippen LogP contribution is -2.42. The van der Waals surface area contributed by atoms with Crippen LogP contribution < -0.4 is 26.6 Å². The van der Waals surface area contributed by atoms with E-state index in [1.54, 1.807) is 0 Å². The minimum Gasteiger partial charge on any atom is -0.480 e. The minimum absolute atomic E-state index is 0.0829. The number of halogens is 2. The Balaban J connectivity index is 1.13. The Kier molecular flexibility index (Phi) is 10.7. The van der Waals surface area contributed by atoms with E-state index in [9.17, 15) is 37.5 Å². The lowest BCUT2D eigenvalue weighted by Gasteiger charge is -2.23. The molecule has 2 amide bonds. The van der Waals surface area contributed by atoms with E-state index in [4.69, 9.17) is 4.74 Å². The number of carboxylic acid groups (broad SMARTS) is 1. The van der Waals surface area contributed by atoms with Crippen molar-refractivity contribution >= 4 is 44.4 Å². The van der Waals surface area contributed by atoms with Crippen LogP contribution in [0.25, 0.3) is 16.6 Å². The van der Waals surface area contributed by atoms with Gasteiger partial charge in [0, 0.05) is 50.6 Å². The van der Waals surface area contributed by atoms with Crippen molar-refractivity contribution in [3.05, 3.63) is 128 Å². The van der Waals surface area contributed by atoms with Gasteiger partial charge >= 0.3 is 11.7 Å². The normalized spacial score (nSPS) is 14.0. The Morgan fingerprint density at radius 1 is 0.963 bits per heavy atom. The number of hydrogen-bond donors (Lipinski definition) is 4. The maximum absolute atomic E-state index is 15.1. The molecule has 1 saturated heterocycles. The van der Waals surface area contributed by atoms with Gasteiger partial charge in [0.05, 0.1) is 38.9 Å². The van der Waals surface area contributed by atoms with Crippen molar-refractivity contribution in [2.24, 2.45) is 7.05 Å². The molecule has 0 bridgehead atoms. The maximum Gasteiger partial charge on any atom is 0.335 e. The van der Waals surface area contributed by atoms with Crippen molar-refractivity contribution in [1.82, 2.24) is 24.8 Å². The summed E-state index contributed by atoms with van der Waals surface area (Å²) in [5.74, 6) is -5.88. The molecule has 0 aliphatic carbocycles. The molecule has 4 N–H and O–H groups in total. The van der Waals surface area contributed by atoms with Gasteiger partial charge in [0.15, 0.2) is 0 Å². The molecule has 0 saturated carbocycles. The quantitative estimate of drug-likeness (QED) is 0.155. The first-order chi connectivity index (χ1) is 25.7. The van der Waals surface area contributed by atoms with Gasteiger partial charge in [0.2, 0.25) is 0 Å². The molecule has 5 aromatic rings. The van der Waals surface area contributed by atoms with Crippen LogP contribution in [0.4, 0.5) is 14.5 Å². The molecule has 0 unspecified atom stereocenters. The van der Waals surface area contributed by atoms with E-state index in [2.05, 4.69) is 15.6 Å². The maximum atomic E-state index is 15.1. The van der Waals surface area contributed by atoms with E-state index >= 15 is 8.78 Å². The molecule has 54 heavy (non-hydrogen) atoms. The van der Waals surface area contributed by atoms with E-state index in [1.807, 2.05) is 4.72 Å². The van der Waals surface area contributed by atoms with Crippen molar-refractivity contribution in [3.8, 4) is 5.69 Å². The zero-order chi connectivity index (χ0) is 38.7. The van der Waals surface area contributed by atoms with Gasteiger partial charge < -0.3 is 20.5 Å². The monoisotopic (exact) mass is 762 g/mol. The predicted molar refractivity (Wildman–Crippen MR) is 190 cm³/mol. The fourth-order valence-corrected chi connectivity index (χ4v) is 6.93. The highest BCUT2D eigenvalue weighted by atomic mass is 32.2. The SMILES string of the molecule is Cn1c(=O)n(-c2ccc(C[C@H](NC(=O)c3cc(F)c(NS(=O)(=O)c4ccc(C(=O)NC5CCOCC5)cc4)cc3F)C(=O)O)cc2)c(=O)c2ccncc21. The first-order valence-electron chi connectivity index (χ1n) is 16.4. The Bertz CT molecular complexity index is 2500. The number of nitrogens with one attached hydrogen (secondary N) is 3. The minimum atomic E-state index is -4.48. The highest BCUT2D eigenvalue weighted by Gasteiger charge is 2.26. The average molecular weight is 763 g/mol. The van der Waals surface area contributed by atoms with Crippen LogP contribution in [0, 0.1) is 11.6 Å². The zero-order valence-electron chi connectivity index (χ0n) is 28.4. The number of sulfonamides is 1. The Hall–Kier alpha value is -6.27. The first-order valence-corrected chi connectivity index (χ1v) is 17.9. The summed E-state index contributed by atoms with van der Waals surface area (Å²) in [7, 11) is -3.00. The highest BCUT2D eigenvalue weighted by Crippen LogP contribution is 2.24. The average Bonchev–Trinajstić information content (AvgIpc) is 3.16. The van der Waals surface area contributed by atoms with Crippen LogP contribution in [-0.2, 0) is 33.0 Å². The number of benzene rings is 3. The first kappa shape index (κ1) is 37.5. The lowest BCUT2D eigenvalue weighted by molar-refractivity contribution is -0.139. The Morgan fingerprint density at radius 3 is 2.31 bits per heavy atom. The third kappa shape index (κ3) is 7.88. The number of aromatic nitrogens is 3. The molecule has 1 fully saturated rings. The molecule has 6 rings (SSSR count). The molecular weight excluding hydrogens is 730 g/mol. The number of aliphatic carboxylic acids is 1. The topological polar surface area (TPSA) is 208 Å². The molecule has 0 spiro atoms. The number of amides is 2. The van der Waals surface area contributed by atoms with Crippen LogP contribution in [0.1, 0.15) is 39.1 Å². The number of carbonyl (C=O) groups excluding carboxylic acids is 2. The summed E-state index contributed by atoms with van der Waals surface area (Å²) < 4.78 is 65.6. The second kappa shape index (κ2) is 15.4. The fourth-order valence-electron chi connectivity index (χ4n) is 5.87. The molecule has 3 heterocycles. The van der Waals surface area contributed by atoms with Gasteiger partial charge in [0.25, 0.3) is 27.4 Å². The molecule has 280 valence electrons. The standard InChI is InChI=1S/C36H32F2N6O9S/c1-43-31-19-39-13-10-25(31)34(47)44(36(43)50)23-6-2-20(3-7-23)16-30(35(48)49)41-33(46)26-17-28(38)29(18-27(26)37)42-54(51,52)24-8-4-21(5-9-24)32(45)40-22-11-14-53-15-12-22/h2-10,13,17-19,22,30,42H,11-12,14-16H2,1H3,(H,40,45)(H,41,46)(H,48,49)/t30-/m0/s1. The summed E-state index contributed by atoms with van der Waals surface area (Å²) in [6.45, 7) is 1.03. The van der Waals surface area contributed by atoms with Gasteiger partial charge in [-0.05, 0) is 66.9 Å². The van der Waals surface area contributed by atoms with Crippen LogP contribution in [-0.4, -0.2) is 70.7 Å². The van der Waals surface area contributed by atoms with Crippen LogP contribution in [0.5, 0.6) is 0 Å². The summed E-state index contributed by atoms with van der Waals surface area (Å²) in [5, 5.41) is 15.0. The van der Waals surface area contributed by atoms with Gasteiger partial charge in [-0.15, -0.1) is 0 Å². The second-order valence-electron chi connectivity index (χ2n) is 12.4. The van der Waals surface area contributed by atoms with Gasteiger partial charge in [0.1, 0.15) is 17.7 Å². The predicted octanol–water partition coefficient (Wildman–Crippen LogP) is 2.50. The number of pyridine rings is 1. The Morgan fingerprint density at radius 2 is 1.65 bits per heavy atom. The summed E-state index contributed by atoms with van der Waals surface area (Å²) in [6.07, 6.45) is 3.76. The molecule has 15 nitrogen and oxygen atoms in total. The molecule has 1 aliphatic heterocycles. The summed E-state index contributed by atoms with van der Waals surface area (Å²) in [4.78, 5) is 67.3. The summed E-state index contributed by atoms with van der Waals surface area (Å²) in [6, 6.07) is 11.1. The molecule has 0 radical (unpaired) electrons. The molecular formula is C36H32F2N6O9S. The molecule has 18 heteroatoms. The van der Waals surface area contributed by atoms with E-state index in [0.717, 1.165) is 16.7 Å². The highest BCUT2D eigenvalue weighted by molar-refractivity contribution is 7.92. The largest absolute Gasteiger partial charge is 0.480 e. The number of anilines is 1. The van der Waals surface area contributed by atoms with E-state index in [-0.39, 0.29) is 34.0 Å². The fraction of sp³-hybridized carbons (Fsp3) is 0.222. The van der Waals surface area contributed by atoms with Crippen molar-refractivity contribution in [2.75, 3.05) is 17.9 Å². The number of carbonyl (C=O) groups is 3. The molecule has 3 aromatic carbocycles. The van der Waals surface area contributed by atoms with Crippen LogP contribution in [0.2, 0.25) is 0 Å². The third-order valence-electron chi connectivity index (χ3n) is 8.84. The van der Waals surface area contributed by atoms with Crippen molar-refractivity contribution < 1.29 is 41.4 Å². The van der Waals surface area contributed by atoms with E-state index in [0.29, 0.717) is 49.3 Å². The van der Waals surface area contributed by atoms with Crippen molar-refractivity contribution in [2.45, 2.75) is 36.2 Å². The van der Waals surface area contributed by atoms with E-state index < -0.39 is 68.0 Å². The third-order valence-corrected chi connectivity index (χ3v) is 10.2. The number of fused-ring (bicyclic) bond motifs is 1. The number of ether oxygens (including phenoxy) is 1. The zero-order valence-corrected chi connectivity index (χ0v) is 29.2. The van der Waals surface area contributed by atoms with Crippen molar-refractivity contribution in [3.63, 3.8) is 0 Å². The van der Waals surface area contributed by atoms with Crippen LogP contribution in [0.15, 0.2) is 93.6 Å². The summed E-state index contributed by atoms with van der Waals surface area (Å²) in [5.41, 5.74) is -1.87. The molecule has 2 aromatic heterocycles. The van der Waals surface area contributed by atoms with Crippen molar-refractivity contribution in [1.29, 1.82) is 0 Å².